The fraction of sp³-hybridized carbons (Fsp3) is 0.524. The third-order valence-corrected chi connectivity index (χ3v) is 5.92. The van der Waals surface area contributed by atoms with Crippen LogP contribution in [0.15, 0.2) is 24.3 Å². The summed E-state index contributed by atoms with van der Waals surface area (Å²) in [6.45, 7) is 12.2. The van der Waals surface area contributed by atoms with Crippen LogP contribution in [-0.2, 0) is 11.3 Å². The highest BCUT2D eigenvalue weighted by Crippen LogP contribution is 2.25. The summed E-state index contributed by atoms with van der Waals surface area (Å²) >= 11 is 6.28. The molecule has 0 aliphatic carbocycles. The van der Waals surface area contributed by atoms with E-state index in [-0.39, 0.29) is 11.9 Å². The Morgan fingerprint density at radius 2 is 1.89 bits per heavy atom. The monoisotopic (exact) mass is 388 g/mol. The number of aryl methyl sites for hydroxylation is 2. The number of carbonyl (C=O) groups excluding carboxylic acids is 1. The fourth-order valence-corrected chi connectivity index (χ4v) is 3.93. The van der Waals surface area contributed by atoms with Crippen molar-refractivity contribution in [3.8, 4) is 0 Å². The maximum absolute atomic E-state index is 13.1. The van der Waals surface area contributed by atoms with Crippen LogP contribution in [0.3, 0.4) is 0 Å². The molecule has 1 aromatic heterocycles. The van der Waals surface area contributed by atoms with Gasteiger partial charge in [0.2, 0.25) is 5.91 Å². The lowest BCUT2D eigenvalue weighted by Crippen LogP contribution is -2.50. The highest BCUT2D eigenvalue weighted by atomic mass is 35.5. The second kappa shape index (κ2) is 8.44. The minimum Gasteiger partial charge on any atom is -0.338 e. The van der Waals surface area contributed by atoms with E-state index in [9.17, 15) is 4.79 Å². The molecule has 0 N–H and O–H groups in total. The first-order valence-electron chi connectivity index (χ1n) is 9.68. The number of rotatable bonds is 5. The van der Waals surface area contributed by atoms with Crippen molar-refractivity contribution in [2.75, 3.05) is 26.2 Å². The first kappa shape index (κ1) is 19.9. The molecule has 1 aromatic carbocycles. The van der Waals surface area contributed by atoms with E-state index < -0.39 is 0 Å². The van der Waals surface area contributed by atoms with E-state index >= 15 is 0 Å². The lowest BCUT2D eigenvalue weighted by atomic mass is 10.1. The predicted molar refractivity (Wildman–Crippen MR) is 109 cm³/mol. The first-order chi connectivity index (χ1) is 12.9. The molecule has 1 aliphatic heterocycles. The van der Waals surface area contributed by atoms with Crippen molar-refractivity contribution in [1.29, 1.82) is 0 Å². The third-order valence-electron chi connectivity index (χ3n) is 5.38. The number of carbonyl (C=O) groups is 1. The highest BCUT2D eigenvalue weighted by molar-refractivity contribution is 6.31. The third kappa shape index (κ3) is 4.36. The summed E-state index contributed by atoms with van der Waals surface area (Å²) in [5.41, 5.74) is 4.27. The Hall–Kier alpha value is -1.85. The van der Waals surface area contributed by atoms with E-state index in [1.54, 1.807) is 4.68 Å². The lowest BCUT2D eigenvalue weighted by Gasteiger charge is -2.36. The van der Waals surface area contributed by atoms with Gasteiger partial charge in [-0.1, -0.05) is 48.4 Å². The van der Waals surface area contributed by atoms with Crippen molar-refractivity contribution in [1.82, 2.24) is 19.6 Å². The Bertz CT molecular complexity index is 809. The average molecular weight is 389 g/mol. The topological polar surface area (TPSA) is 41.4 Å². The quantitative estimate of drug-likeness (QED) is 0.783. The van der Waals surface area contributed by atoms with Gasteiger partial charge in [0.1, 0.15) is 6.04 Å². The number of piperazine rings is 1. The van der Waals surface area contributed by atoms with Gasteiger partial charge in [-0.05, 0) is 32.8 Å². The van der Waals surface area contributed by atoms with E-state index in [0.29, 0.717) is 11.4 Å². The smallest absolute Gasteiger partial charge is 0.247 e. The zero-order valence-electron chi connectivity index (χ0n) is 16.7. The largest absolute Gasteiger partial charge is 0.338 e. The van der Waals surface area contributed by atoms with E-state index in [2.05, 4.69) is 41.2 Å². The van der Waals surface area contributed by atoms with Gasteiger partial charge in [-0.3, -0.25) is 14.4 Å². The first-order valence-corrected chi connectivity index (χ1v) is 10.1. The molecule has 146 valence electrons. The van der Waals surface area contributed by atoms with Crippen molar-refractivity contribution in [3.63, 3.8) is 0 Å². The Morgan fingerprint density at radius 3 is 2.44 bits per heavy atom. The molecule has 2 aromatic rings. The van der Waals surface area contributed by atoms with Crippen LogP contribution in [0.4, 0.5) is 0 Å². The summed E-state index contributed by atoms with van der Waals surface area (Å²) in [5.74, 6) is 0.148. The summed E-state index contributed by atoms with van der Waals surface area (Å²) in [6.07, 6.45) is 0.709. The SMILES string of the molecule is CCC(C(=O)N1CCN(Cc2cccc(C)c2)CC1)n1nc(C)c(Cl)c1C. The zero-order valence-corrected chi connectivity index (χ0v) is 17.5. The molecule has 1 fully saturated rings. The zero-order chi connectivity index (χ0) is 19.6. The number of nitrogens with zero attached hydrogens (tertiary/aromatic N) is 4. The van der Waals surface area contributed by atoms with Crippen LogP contribution < -0.4 is 0 Å². The molecule has 0 radical (unpaired) electrons. The predicted octanol–water partition coefficient (Wildman–Crippen LogP) is 3.76. The molecule has 0 spiro atoms. The van der Waals surface area contributed by atoms with Gasteiger partial charge in [0, 0.05) is 32.7 Å². The van der Waals surface area contributed by atoms with Crippen molar-refractivity contribution in [2.24, 2.45) is 0 Å². The standard InChI is InChI=1S/C21H29ClN4O/c1-5-19(26-17(4)20(22)16(3)23-26)21(27)25-11-9-24(10-12-25)14-18-8-6-7-15(2)13-18/h6-8,13,19H,5,9-12,14H2,1-4H3. The van der Waals surface area contributed by atoms with Crippen LogP contribution in [0.5, 0.6) is 0 Å². The number of benzene rings is 1. The van der Waals surface area contributed by atoms with Gasteiger partial charge in [-0.2, -0.15) is 5.10 Å². The number of halogens is 1. The van der Waals surface area contributed by atoms with Gasteiger partial charge in [-0.15, -0.1) is 0 Å². The fourth-order valence-electron chi connectivity index (χ4n) is 3.80. The Balaban J connectivity index is 1.62. The minimum absolute atomic E-state index is 0.148. The summed E-state index contributed by atoms with van der Waals surface area (Å²) < 4.78 is 1.80. The molecule has 1 aliphatic rings. The molecule has 1 saturated heterocycles. The Morgan fingerprint density at radius 1 is 1.19 bits per heavy atom. The second-order valence-electron chi connectivity index (χ2n) is 7.44. The molecule has 1 atom stereocenters. The Labute approximate surface area is 166 Å². The summed E-state index contributed by atoms with van der Waals surface area (Å²) in [5, 5.41) is 5.16. The van der Waals surface area contributed by atoms with Gasteiger partial charge in [0.25, 0.3) is 0 Å². The van der Waals surface area contributed by atoms with Gasteiger partial charge >= 0.3 is 0 Å². The highest BCUT2D eigenvalue weighted by Gasteiger charge is 2.29. The molecular weight excluding hydrogens is 360 g/mol. The van der Waals surface area contributed by atoms with Crippen LogP contribution in [0.2, 0.25) is 5.02 Å². The van der Waals surface area contributed by atoms with E-state index in [1.807, 2.05) is 25.7 Å². The maximum Gasteiger partial charge on any atom is 0.247 e. The number of aromatic nitrogens is 2. The molecule has 0 saturated carbocycles. The average Bonchev–Trinajstić information content (AvgIpc) is 2.90. The molecule has 1 amide bonds. The van der Waals surface area contributed by atoms with Crippen LogP contribution >= 0.6 is 11.6 Å². The summed E-state index contributed by atoms with van der Waals surface area (Å²) in [6, 6.07) is 8.35. The van der Waals surface area contributed by atoms with Gasteiger partial charge < -0.3 is 4.90 Å². The molecule has 5 nitrogen and oxygen atoms in total. The second-order valence-corrected chi connectivity index (χ2v) is 7.82. The lowest BCUT2D eigenvalue weighted by molar-refractivity contribution is -0.137. The molecule has 27 heavy (non-hydrogen) atoms. The molecular formula is C21H29ClN4O. The van der Waals surface area contributed by atoms with E-state index in [1.165, 1.54) is 11.1 Å². The van der Waals surface area contributed by atoms with Gasteiger partial charge in [0.15, 0.2) is 0 Å². The summed E-state index contributed by atoms with van der Waals surface area (Å²) in [4.78, 5) is 17.5. The normalized spacial score (nSPS) is 16.6. The summed E-state index contributed by atoms with van der Waals surface area (Å²) in [7, 11) is 0. The van der Waals surface area contributed by atoms with E-state index in [4.69, 9.17) is 11.6 Å². The van der Waals surface area contributed by atoms with Crippen molar-refractivity contribution in [2.45, 2.75) is 46.7 Å². The van der Waals surface area contributed by atoms with Crippen molar-refractivity contribution in [3.05, 3.63) is 51.8 Å². The van der Waals surface area contributed by atoms with Crippen LogP contribution in [0.1, 0.15) is 41.9 Å². The molecule has 0 bridgehead atoms. The van der Waals surface area contributed by atoms with Gasteiger partial charge in [-0.25, -0.2) is 0 Å². The Kier molecular flexibility index (Phi) is 6.22. The minimum atomic E-state index is -0.278. The van der Waals surface area contributed by atoms with Crippen LogP contribution in [0, 0.1) is 20.8 Å². The number of hydrogen-bond donors (Lipinski definition) is 0. The molecule has 2 heterocycles. The van der Waals surface area contributed by atoms with E-state index in [0.717, 1.165) is 44.1 Å². The van der Waals surface area contributed by atoms with Crippen molar-refractivity contribution >= 4 is 17.5 Å². The number of hydrogen-bond acceptors (Lipinski definition) is 3. The van der Waals surface area contributed by atoms with Crippen molar-refractivity contribution < 1.29 is 4.79 Å². The van der Waals surface area contributed by atoms with Crippen LogP contribution in [-0.4, -0.2) is 51.7 Å². The molecule has 3 rings (SSSR count). The number of amides is 1. The molecule has 1 unspecified atom stereocenters. The van der Waals surface area contributed by atoms with Crippen LogP contribution in [0.25, 0.3) is 0 Å². The maximum atomic E-state index is 13.1. The van der Waals surface area contributed by atoms with Gasteiger partial charge in [0.05, 0.1) is 16.4 Å². The molecule has 6 heteroatoms.